The summed E-state index contributed by atoms with van der Waals surface area (Å²) in [7, 11) is 1.78. The molecule has 104 valence electrons. The van der Waals surface area contributed by atoms with Gasteiger partial charge >= 0.3 is 0 Å². The van der Waals surface area contributed by atoms with E-state index < -0.39 is 0 Å². The van der Waals surface area contributed by atoms with Gasteiger partial charge in [0.1, 0.15) is 0 Å². The molecule has 0 fully saturated rings. The van der Waals surface area contributed by atoms with Crippen LogP contribution in [-0.2, 0) is 4.79 Å². The number of carbonyl (C=O) groups excluding carboxylic acids is 1. The molecular formula is C14H16N4O2. The fourth-order valence-corrected chi connectivity index (χ4v) is 1.53. The third-order valence-electron chi connectivity index (χ3n) is 2.62. The van der Waals surface area contributed by atoms with Crippen molar-refractivity contribution in [3.05, 3.63) is 36.8 Å². The maximum atomic E-state index is 11.4. The smallest absolute Gasteiger partial charge is 0.225 e. The molecule has 0 radical (unpaired) electrons. The van der Waals surface area contributed by atoms with Crippen LogP contribution in [0.1, 0.15) is 13.3 Å². The molecule has 2 aromatic rings. The Labute approximate surface area is 117 Å². The van der Waals surface area contributed by atoms with Gasteiger partial charge in [-0.1, -0.05) is 13.0 Å². The zero-order valence-corrected chi connectivity index (χ0v) is 11.5. The van der Waals surface area contributed by atoms with Gasteiger partial charge in [0, 0.05) is 25.7 Å². The van der Waals surface area contributed by atoms with Gasteiger partial charge in [0.05, 0.1) is 18.9 Å². The highest BCUT2D eigenvalue weighted by atomic mass is 16.5. The topological polar surface area (TPSA) is 68.2 Å². The van der Waals surface area contributed by atoms with Gasteiger partial charge in [0.2, 0.25) is 11.8 Å². The van der Waals surface area contributed by atoms with E-state index in [1.165, 1.54) is 0 Å². The van der Waals surface area contributed by atoms with Gasteiger partial charge in [-0.25, -0.2) is 15.0 Å². The van der Waals surface area contributed by atoms with Crippen LogP contribution in [-0.4, -0.2) is 34.3 Å². The van der Waals surface area contributed by atoms with Crippen LogP contribution in [0.15, 0.2) is 36.8 Å². The number of nitrogens with zero attached hydrogens (tertiary/aromatic N) is 4. The van der Waals surface area contributed by atoms with Crippen LogP contribution in [0.3, 0.4) is 0 Å². The van der Waals surface area contributed by atoms with Crippen LogP contribution in [0.5, 0.6) is 11.6 Å². The molecule has 0 bridgehead atoms. The summed E-state index contributed by atoms with van der Waals surface area (Å²) >= 11 is 0. The normalized spacial score (nSPS) is 10.1. The quantitative estimate of drug-likeness (QED) is 0.802. The molecule has 2 heterocycles. The van der Waals surface area contributed by atoms with Gasteiger partial charge in [-0.05, 0) is 6.07 Å². The standard InChI is InChI=1S/C14H16N4O2/c1-3-11(19)10-18(2)14-16-8-12(9-17-14)20-13-6-4-5-7-15-13/h4-9H,3,10H2,1-2H3. The number of hydrogen-bond donors (Lipinski definition) is 0. The Morgan fingerprint density at radius 2 is 2.00 bits per heavy atom. The van der Waals surface area contributed by atoms with Gasteiger partial charge in [0.15, 0.2) is 11.5 Å². The number of likely N-dealkylation sites (N-methyl/N-ethyl adjacent to an activating group) is 1. The second-order valence-corrected chi connectivity index (χ2v) is 4.24. The molecule has 2 rings (SSSR count). The first-order valence-electron chi connectivity index (χ1n) is 6.33. The molecule has 0 aliphatic heterocycles. The number of ether oxygens (including phenoxy) is 1. The van der Waals surface area contributed by atoms with Gasteiger partial charge in [-0.2, -0.15) is 0 Å². The zero-order valence-electron chi connectivity index (χ0n) is 11.5. The van der Waals surface area contributed by atoms with Crippen LogP contribution in [0, 0.1) is 0 Å². The molecule has 0 amide bonds. The van der Waals surface area contributed by atoms with Crippen LogP contribution in [0.25, 0.3) is 0 Å². The van der Waals surface area contributed by atoms with Gasteiger partial charge in [-0.3, -0.25) is 4.79 Å². The highest BCUT2D eigenvalue weighted by molar-refractivity contribution is 5.82. The second-order valence-electron chi connectivity index (χ2n) is 4.24. The predicted molar refractivity (Wildman–Crippen MR) is 74.9 cm³/mol. The average Bonchev–Trinajstić information content (AvgIpc) is 2.49. The minimum absolute atomic E-state index is 0.143. The van der Waals surface area contributed by atoms with Crippen molar-refractivity contribution < 1.29 is 9.53 Å². The first kappa shape index (κ1) is 13.9. The minimum Gasteiger partial charge on any atom is -0.436 e. The summed E-state index contributed by atoms with van der Waals surface area (Å²) in [6, 6.07) is 5.40. The number of anilines is 1. The van der Waals surface area contributed by atoms with E-state index in [0.717, 1.165) is 0 Å². The number of rotatable bonds is 6. The molecular weight excluding hydrogens is 256 g/mol. The highest BCUT2D eigenvalue weighted by Gasteiger charge is 2.08. The maximum Gasteiger partial charge on any atom is 0.225 e. The van der Waals surface area contributed by atoms with E-state index >= 15 is 0 Å². The van der Waals surface area contributed by atoms with Crippen molar-refractivity contribution in [1.82, 2.24) is 15.0 Å². The molecule has 2 aromatic heterocycles. The monoisotopic (exact) mass is 272 g/mol. The lowest BCUT2D eigenvalue weighted by Gasteiger charge is -2.15. The molecule has 6 heteroatoms. The van der Waals surface area contributed by atoms with Gasteiger partial charge < -0.3 is 9.64 Å². The van der Waals surface area contributed by atoms with E-state index in [1.54, 1.807) is 36.6 Å². The predicted octanol–water partition coefficient (Wildman–Crippen LogP) is 2.08. The van der Waals surface area contributed by atoms with Crippen molar-refractivity contribution in [2.24, 2.45) is 0 Å². The van der Waals surface area contributed by atoms with Crippen molar-refractivity contribution in [2.75, 3.05) is 18.5 Å². The molecule has 0 unspecified atom stereocenters. The molecule has 6 nitrogen and oxygen atoms in total. The summed E-state index contributed by atoms with van der Waals surface area (Å²) in [4.78, 5) is 25.5. The molecule has 20 heavy (non-hydrogen) atoms. The Morgan fingerprint density at radius 1 is 1.25 bits per heavy atom. The molecule has 0 aromatic carbocycles. The second kappa shape index (κ2) is 6.60. The lowest BCUT2D eigenvalue weighted by molar-refractivity contribution is -0.117. The number of carbonyl (C=O) groups is 1. The Kier molecular flexibility index (Phi) is 4.60. The van der Waals surface area contributed by atoms with Crippen LogP contribution in [0.2, 0.25) is 0 Å². The summed E-state index contributed by atoms with van der Waals surface area (Å²) in [6.45, 7) is 2.14. The number of hydrogen-bond acceptors (Lipinski definition) is 6. The summed E-state index contributed by atoms with van der Waals surface area (Å²) in [5.41, 5.74) is 0. The SMILES string of the molecule is CCC(=O)CN(C)c1ncc(Oc2ccccn2)cn1. The first-order valence-corrected chi connectivity index (χ1v) is 6.33. The number of Topliss-reactive ketones (excluding diaryl/α,β-unsaturated/α-hetero) is 1. The highest BCUT2D eigenvalue weighted by Crippen LogP contribution is 2.17. The summed E-state index contributed by atoms with van der Waals surface area (Å²) in [6.07, 6.45) is 5.27. The zero-order chi connectivity index (χ0) is 14.4. The Bertz CT molecular complexity index is 557. The third-order valence-corrected chi connectivity index (χ3v) is 2.62. The van der Waals surface area contributed by atoms with Gasteiger partial charge in [-0.15, -0.1) is 0 Å². The third kappa shape index (κ3) is 3.74. The molecule has 0 aliphatic rings. The maximum absolute atomic E-state index is 11.4. The molecule has 0 N–H and O–H groups in total. The lowest BCUT2D eigenvalue weighted by Crippen LogP contribution is -2.26. The molecule has 0 aliphatic carbocycles. The van der Waals surface area contributed by atoms with Crippen LogP contribution in [0.4, 0.5) is 5.95 Å². The molecule has 0 saturated carbocycles. The van der Waals surface area contributed by atoms with E-state index in [2.05, 4.69) is 15.0 Å². The Hall–Kier alpha value is -2.50. The number of pyridine rings is 1. The van der Waals surface area contributed by atoms with Crippen molar-refractivity contribution >= 4 is 11.7 Å². The Morgan fingerprint density at radius 3 is 2.60 bits per heavy atom. The van der Waals surface area contributed by atoms with E-state index in [-0.39, 0.29) is 5.78 Å². The summed E-state index contributed by atoms with van der Waals surface area (Å²) in [5, 5.41) is 0. The first-order chi connectivity index (χ1) is 9.69. The van der Waals surface area contributed by atoms with E-state index in [4.69, 9.17) is 4.74 Å². The molecule has 0 saturated heterocycles. The number of aromatic nitrogens is 3. The lowest BCUT2D eigenvalue weighted by atomic mass is 10.3. The summed E-state index contributed by atoms with van der Waals surface area (Å²) in [5.74, 6) is 1.62. The number of ketones is 1. The Balaban J connectivity index is 2.01. The van der Waals surface area contributed by atoms with E-state index in [1.807, 2.05) is 19.1 Å². The van der Waals surface area contributed by atoms with Crippen LogP contribution < -0.4 is 9.64 Å². The largest absolute Gasteiger partial charge is 0.436 e. The fourth-order valence-electron chi connectivity index (χ4n) is 1.53. The van der Waals surface area contributed by atoms with Crippen molar-refractivity contribution in [3.8, 4) is 11.6 Å². The van der Waals surface area contributed by atoms with Crippen molar-refractivity contribution in [3.63, 3.8) is 0 Å². The minimum atomic E-state index is 0.143. The van der Waals surface area contributed by atoms with E-state index in [9.17, 15) is 4.79 Å². The van der Waals surface area contributed by atoms with Crippen LogP contribution >= 0.6 is 0 Å². The van der Waals surface area contributed by atoms with Gasteiger partial charge in [0.25, 0.3) is 0 Å². The molecule has 0 atom stereocenters. The van der Waals surface area contributed by atoms with Crippen molar-refractivity contribution in [2.45, 2.75) is 13.3 Å². The molecule has 0 spiro atoms. The average molecular weight is 272 g/mol. The van der Waals surface area contributed by atoms with E-state index in [0.29, 0.717) is 30.5 Å². The fraction of sp³-hybridized carbons (Fsp3) is 0.286. The summed E-state index contributed by atoms with van der Waals surface area (Å²) < 4.78 is 5.49. The van der Waals surface area contributed by atoms with Crippen molar-refractivity contribution in [1.29, 1.82) is 0 Å².